The van der Waals surface area contributed by atoms with Gasteiger partial charge in [0.05, 0.1) is 12.2 Å². The fourth-order valence-electron chi connectivity index (χ4n) is 1.69. The van der Waals surface area contributed by atoms with E-state index in [4.69, 9.17) is 5.73 Å². The standard InChI is InChI=1S/C10H19N3/c1-4-5-10-8(2)12-13(7-6-11)9(10)3/h4-7,11H2,1-3H3. The maximum atomic E-state index is 5.50. The maximum absolute atomic E-state index is 5.50. The van der Waals surface area contributed by atoms with Crippen molar-refractivity contribution in [3.05, 3.63) is 17.0 Å². The lowest BCUT2D eigenvalue weighted by atomic mass is 10.1. The third-order valence-electron chi connectivity index (χ3n) is 2.37. The average Bonchev–Trinajstić information content (AvgIpc) is 2.34. The van der Waals surface area contributed by atoms with Crippen molar-refractivity contribution in [1.82, 2.24) is 9.78 Å². The van der Waals surface area contributed by atoms with Crippen LogP contribution in [0.25, 0.3) is 0 Å². The fourth-order valence-corrected chi connectivity index (χ4v) is 1.69. The molecule has 0 radical (unpaired) electrons. The SMILES string of the molecule is CCCc1c(C)nn(CCN)c1C. The van der Waals surface area contributed by atoms with Crippen LogP contribution in [0.5, 0.6) is 0 Å². The van der Waals surface area contributed by atoms with Gasteiger partial charge in [-0.05, 0) is 25.8 Å². The summed E-state index contributed by atoms with van der Waals surface area (Å²) in [5.74, 6) is 0. The van der Waals surface area contributed by atoms with Gasteiger partial charge in [-0.15, -0.1) is 0 Å². The smallest absolute Gasteiger partial charge is 0.0628 e. The highest BCUT2D eigenvalue weighted by Gasteiger charge is 2.09. The number of hydrogen-bond donors (Lipinski definition) is 1. The summed E-state index contributed by atoms with van der Waals surface area (Å²) in [6.45, 7) is 7.88. The van der Waals surface area contributed by atoms with Crippen LogP contribution in [-0.4, -0.2) is 16.3 Å². The van der Waals surface area contributed by atoms with Gasteiger partial charge >= 0.3 is 0 Å². The van der Waals surface area contributed by atoms with Crippen molar-refractivity contribution >= 4 is 0 Å². The van der Waals surface area contributed by atoms with Gasteiger partial charge in [-0.25, -0.2) is 0 Å². The Kier molecular flexibility index (Phi) is 3.48. The van der Waals surface area contributed by atoms with Gasteiger partial charge < -0.3 is 5.73 Å². The molecule has 0 saturated carbocycles. The van der Waals surface area contributed by atoms with Gasteiger partial charge in [0, 0.05) is 12.2 Å². The minimum Gasteiger partial charge on any atom is -0.329 e. The van der Waals surface area contributed by atoms with Gasteiger partial charge in [0.2, 0.25) is 0 Å². The van der Waals surface area contributed by atoms with E-state index in [9.17, 15) is 0 Å². The van der Waals surface area contributed by atoms with Crippen LogP contribution in [0, 0.1) is 13.8 Å². The van der Waals surface area contributed by atoms with Crippen molar-refractivity contribution in [2.75, 3.05) is 6.54 Å². The Labute approximate surface area is 79.9 Å². The number of nitrogens with two attached hydrogens (primary N) is 1. The quantitative estimate of drug-likeness (QED) is 0.763. The second kappa shape index (κ2) is 4.42. The number of rotatable bonds is 4. The number of aromatic nitrogens is 2. The summed E-state index contributed by atoms with van der Waals surface area (Å²) < 4.78 is 2.01. The second-order valence-electron chi connectivity index (χ2n) is 3.41. The Hall–Kier alpha value is -0.830. The summed E-state index contributed by atoms with van der Waals surface area (Å²) in [4.78, 5) is 0. The van der Waals surface area contributed by atoms with E-state index in [-0.39, 0.29) is 0 Å². The Morgan fingerprint density at radius 1 is 1.38 bits per heavy atom. The van der Waals surface area contributed by atoms with Crippen LogP contribution in [0.1, 0.15) is 30.3 Å². The Bertz CT molecular complexity index is 276. The van der Waals surface area contributed by atoms with Crippen LogP contribution in [0.3, 0.4) is 0 Å². The zero-order valence-electron chi connectivity index (χ0n) is 8.80. The van der Waals surface area contributed by atoms with Crippen LogP contribution in [0.15, 0.2) is 0 Å². The average molecular weight is 181 g/mol. The fraction of sp³-hybridized carbons (Fsp3) is 0.700. The lowest BCUT2D eigenvalue weighted by molar-refractivity contribution is 0.603. The molecule has 0 fully saturated rings. The molecule has 74 valence electrons. The first-order valence-corrected chi connectivity index (χ1v) is 4.93. The van der Waals surface area contributed by atoms with E-state index >= 15 is 0 Å². The van der Waals surface area contributed by atoms with Crippen LogP contribution in [0.2, 0.25) is 0 Å². The Morgan fingerprint density at radius 2 is 2.08 bits per heavy atom. The van der Waals surface area contributed by atoms with Crippen molar-refractivity contribution < 1.29 is 0 Å². The normalized spacial score (nSPS) is 10.8. The molecule has 1 aromatic rings. The molecular formula is C10H19N3. The molecule has 1 aromatic heterocycles. The molecular weight excluding hydrogens is 162 g/mol. The molecule has 0 atom stereocenters. The monoisotopic (exact) mass is 181 g/mol. The van der Waals surface area contributed by atoms with Gasteiger partial charge in [-0.3, -0.25) is 4.68 Å². The predicted octanol–water partition coefficient (Wildman–Crippen LogP) is 1.41. The van der Waals surface area contributed by atoms with Crippen LogP contribution >= 0.6 is 0 Å². The summed E-state index contributed by atoms with van der Waals surface area (Å²) in [6, 6.07) is 0. The van der Waals surface area contributed by atoms with Crippen molar-refractivity contribution in [1.29, 1.82) is 0 Å². The molecule has 0 amide bonds. The summed E-state index contributed by atoms with van der Waals surface area (Å²) in [7, 11) is 0. The number of nitrogens with zero attached hydrogens (tertiary/aromatic N) is 2. The molecule has 0 aliphatic rings. The first-order chi connectivity index (χ1) is 6.20. The van der Waals surface area contributed by atoms with Gasteiger partial charge in [-0.2, -0.15) is 5.10 Å². The molecule has 3 heteroatoms. The van der Waals surface area contributed by atoms with Crippen molar-refractivity contribution in [2.24, 2.45) is 5.73 Å². The van der Waals surface area contributed by atoms with Crippen molar-refractivity contribution in [2.45, 2.75) is 40.2 Å². The van der Waals surface area contributed by atoms with Crippen molar-refractivity contribution in [3.63, 3.8) is 0 Å². The number of aryl methyl sites for hydroxylation is 1. The molecule has 1 heterocycles. The summed E-state index contributed by atoms with van der Waals surface area (Å²) >= 11 is 0. The van der Waals surface area contributed by atoms with Gasteiger partial charge in [0.15, 0.2) is 0 Å². The molecule has 0 unspecified atom stereocenters. The molecule has 0 saturated heterocycles. The molecule has 0 aliphatic heterocycles. The van der Waals surface area contributed by atoms with E-state index in [1.54, 1.807) is 0 Å². The van der Waals surface area contributed by atoms with E-state index in [1.807, 2.05) is 4.68 Å². The lowest BCUT2D eigenvalue weighted by Crippen LogP contribution is -2.12. The van der Waals surface area contributed by atoms with Gasteiger partial charge in [0.25, 0.3) is 0 Å². The van der Waals surface area contributed by atoms with Crippen LogP contribution < -0.4 is 5.73 Å². The summed E-state index contributed by atoms with van der Waals surface area (Å²) in [6.07, 6.45) is 2.30. The highest BCUT2D eigenvalue weighted by Crippen LogP contribution is 2.14. The predicted molar refractivity (Wildman–Crippen MR) is 54.8 cm³/mol. The van der Waals surface area contributed by atoms with Crippen LogP contribution in [0.4, 0.5) is 0 Å². The molecule has 0 aliphatic carbocycles. The third-order valence-corrected chi connectivity index (χ3v) is 2.37. The molecule has 1 rings (SSSR count). The third kappa shape index (κ3) is 2.10. The largest absolute Gasteiger partial charge is 0.329 e. The van der Waals surface area contributed by atoms with Gasteiger partial charge in [0.1, 0.15) is 0 Å². The zero-order valence-corrected chi connectivity index (χ0v) is 8.80. The Balaban J connectivity index is 2.92. The Morgan fingerprint density at radius 3 is 2.62 bits per heavy atom. The lowest BCUT2D eigenvalue weighted by Gasteiger charge is -2.02. The minimum absolute atomic E-state index is 0.660. The minimum atomic E-state index is 0.660. The van der Waals surface area contributed by atoms with E-state index in [1.165, 1.54) is 17.7 Å². The van der Waals surface area contributed by atoms with Crippen molar-refractivity contribution in [3.8, 4) is 0 Å². The summed E-state index contributed by atoms with van der Waals surface area (Å²) in [5, 5.41) is 4.46. The molecule has 0 spiro atoms. The second-order valence-corrected chi connectivity index (χ2v) is 3.41. The molecule has 13 heavy (non-hydrogen) atoms. The maximum Gasteiger partial charge on any atom is 0.0628 e. The first kappa shape index (κ1) is 10.3. The van der Waals surface area contributed by atoms with E-state index in [0.717, 1.165) is 18.7 Å². The molecule has 0 aromatic carbocycles. The molecule has 3 nitrogen and oxygen atoms in total. The number of hydrogen-bond acceptors (Lipinski definition) is 2. The van der Waals surface area contributed by atoms with E-state index in [2.05, 4.69) is 25.9 Å². The van der Waals surface area contributed by atoms with E-state index < -0.39 is 0 Å². The van der Waals surface area contributed by atoms with Crippen LogP contribution in [-0.2, 0) is 13.0 Å². The summed E-state index contributed by atoms with van der Waals surface area (Å²) in [5.41, 5.74) is 9.34. The highest BCUT2D eigenvalue weighted by molar-refractivity contribution is 5.24. The molecule has 0 bridgehead atoms. The van der Waals surface area contributed by atoms with Gasteiger partial charge in [-0.1, -0.05) is 13.3 Å². The topological polar surface area (TPSA) is 43.8 Å². The van der Waals surface area contributed by atoms with E-state index in [0.29, 0.717) is 6.54 Å². The first-order valence-electron chi connectivity index (χ1n) is 4.93. The molecule has 2 N–H and O–H groups in total. The highest BCUT2D eigenvalue weighted by atomic mass is 15.3. The zero-order chi connectivity index (χ0) is 9.84.